The van der Waals surface area contributed by atoms with Gasteiger partial charge in [0.1, 0.15) is 0 Å². The van der Waals surface area contributed by atoms with Crippen LogP contribution in [0.3, 0.4) is 0 Å². The van der Waals surface area contributed by atoms with Crippen LogP contribution in [-0.4, -0.2) is 12.7 Å². The Labute approximate surface area is 57.2 Å². The van der Waals surface area contributed by atoms with Gasteiger partial charge in [0.15, 0.2) is 0 Å². The Morgan fingerprint density at radius 2 is 1.00 bits per heavy atom. The summed E-state index contributed by atoms with van der Waals surface area (Å²) in [6.07, 6.45) is 3.00. The Morgan fingerprint density at radius 1 is 1.00 bits per heavy atom. The summed E-state index contributed by atoms with van der Waals surface area (Å²) >= 11 is 0. The summed E-state index contributed by atoms with van der Waals surface area (Å²) in [6, 6.07) is 0. The van der Waals surface area contributed by atoms with Crippen molar-refractivity contribution >= 4 is 12.7 Å². The number of nitrogens with two attached hydrogens (primary N) is 2. The molecule has 5 heteroatoms. The molecule has 0 fully saturated rings. The van der Waals surface area contributed by atoms with Gasteiger partial charge in [-0.1, -0.05) is 0 Å². The summed E-state index contributed by atoms with van der Waals surface area (Å²) in [5.41, 5.74) is 8.53. The van der Waals surface area contributed by atoms with Gasteiger partial charge >= 0.3 is 21.7 Å². The molecule has 6 N–H and O–H groups in total. The molecule has 0 saturated heterocycles. The molecule has 38 valence electrons. The van der Waals surface area contributed by atoms with Crippen molar-refractivity contribution in [3.63, 3.8) is 0 Å². The molecule has 0 aromatic rings. The molecule has 0 spiro atoms. The van der Waals surface area contributed by atoms with Crippen molar-refractivity contribution in [3.8, 4) is 0 Å². The van der Waals surface area contributed by atoms with Gasteiger partial charge in [0.25, 0.3) is 0 Å². The van der Waals surface area contributed by atoms with Gasteiger partial charge in [0.2, 0.25) is 0 Å². The maximum absolute atomic E-state index is 5.74. The molecule has 0 aliphatic heterocycles. The molecule has 0 aliphatic carbocycles. The maximum Gasteiger partial charge on any atom is 2.00 e. The Balaban J connectivity index is -0.0000000400. The number of hydrogen-bond donors (Lipinski definition) is 4. The van der Waals surface area contributed by atoms with Crippen LogP contribution in [0.15, 0.2) is 0 Å². The summed E-state index contributed by atoms with van der Waals surface area (Å²) in [5.74, 6) is 0. The van der Waals surface area contributed by atoms with Crippen molar-refractivity contribution in [2.75, 3.05) is 0 Å². The third-order valence-electron chi connectivity index (χ3n) is 0. The minimum Gasteiger partial charge on any atom is -0.563 e. The summed E-state index contributed by atoms with van der Waals surface area (Å²) in [4.78, 5) is 0. The molecule has 0 bridgehead atoms. The van der Waals surface area contributed by atoms with Gasteiger partial charge in [-0.15, -0.1) is 0 Å². The molecule has 0 atom stereocenters. The monoisotopic (exact) mass is 134 g/mol. The van der Waals surface area contributed by atoms with E-state index in [1.165, 1.54) is 12.7 Å². The van der Waals surface area contributed by atoms with Crippen molar-refractivity contribution in [3.05, 3.63) is 0 Å². The van der Waals surface area contributed by atoms with Gasteiger partial charge in [0, 0.05) is 0 Å². The molecule has 0 radical (unpaired) electrons. The fourth-order valence-corrected chi connectivity index (χ4v) is 0. The predicted molar refractivity (Wildman–Crippen MR) is 23.8 cm³/mol. The molecular formula is C2H6N4Ti. The Bertz CT molecular complexity index is 30.7. The summed E-state index contributed by atoms with van der Waals surface area (Å²) in [7, 11) is 0. The van der Waals surface area contributed by atoms with Gasteiger partial charge in [-0.05, 0) is 0 Å². The molecule has 0 unspecified atom stereocenters. The van der Waals surface area contributed by atoms with E-state index in [0.29, 0.717) is 0 Å². The summed E-state index contributed by atoms with van der Waals surface area (Å²) in [6.45, 7) is 0. The van der Waals surface area contributed by atoms with Crippen LogP contribution in [-0.2, 0) is 21.7 Å². The van der Waals surface area contributed by atoms with Gasteiger partial charge < -0.3 is 35.0 Å². The van der Waals surface area contributed by atoms with E-state index in [2.05, 4.69) is 11.5 Å². The average Bonchev–Trinajstić information content (AvgIpc) is 1.39. The van der Waals surface area contributed by atoms with Gasteiger partial charge in [0.05, 0.1) is 0 Å². The Kier molecular flexibility index (Phi) is 102. The van der Waals surface area contributed by atoms with Crippen molar-refractivity contribution < 1.29 is 21.7 Å². The first kappa shape index (κ1) is 15.9. The van der Waals surface area contributed by atoms with E-state index in [9.17, 15) is 0 Å². The molecule has 0 heterocycles. The Morgan fingerprint density at radius 3 is 1.00 bits per heavy atom. The van der Waals surface area contributed by atoms with Crippen LogP contribution in [0.5, 0.6) is 0 Å². The van der Waals surface area contributed by atoms with E-state index >= 15 is 0 Å². The van der Waals surface area contributed by atoms with Crippen LogP contribution >= 0.6 is 0 Å². The number of rotatable bonds is 0. The topological polar surface area (TPSA) is 99.7 Å². The van der Waals surface area contributed by atoms with Crippen molar-refractivity contribution in [1.29, 1.82) is 10.8 Å². The van der Waals surface area contributed by atoms with Crippen LogP contribution in [0.4, 0.5) is 0 Å². The van der Waals surface area contributed by atoms with Crippen LogP contribution in [0.2, 0.25) is 0 Å². The normalized spacial score (nSPS) is 3.43. The summed E-state index contributed by atoms with van der Waals surface area (Å²) < 4.78 is 0. The van der Waals surface area contributed by atoms with Crippen LogP contribution in [0, 0.1) is 10.8 Å². The average molecular weight is 134 g/mol. The zero-order valence-corrected chi connectivity index (χ0v) is 5.22. The van der Waals surface area contributed by atoms with E-state index in [4.69, 9.17) is 10.8 Å². The second-order valence-corrected chi connectivity index (χ2v) is 0.289. The third kappa shape index (κ3) is 632. The largest absolute Gasteiger partial charge is 2.00 e. The van der Waals surface area contributed by atoms with E-state index in [1.807, 2.05) is 0 Å². The predicted octanol–water partition coefficient (Wildman–Crippen LogP) is -1.14. The Hall–Kier alpha value is -0.346. The molecule has 0 aromatic heterocycles. The van der Waals surface area contributed by atoms with Gasteiger partial charge in [-0.2, -0.15) is 0 Å². The molecule has 0 amide bonds. The number of hydrogen-bond acceptors (Lipinski definition) is 2. The van der Waals surface area contributed by atoms with Crippen LogP contribution < -0.4 is 11.5 Å². The standard InChI is InChI=1S/2CH3N2.Ti/c2*2-1-3;/h2*(H3,2,3);/q2*-1;+2. The second kappa shape index (κ2) is 44.8. The van der Waals surface area contributed by atoms with Crippen molar-refractivity contribution in [1.82, 2.24) is 0 Å². The van der Waals surface area contributed by atoms with E-state index in [-0.39, 0.29) is 21.7 Å². The second-order valence-electron chi connectivity index (χ2n) is 0.289. The summed E-state index contributed by atoms with van der Waals surface area (Å²) in [5, 5.41) is 11.5. The zero-order chi connectivity index (χ0) is 5.41. The van der Waals surface area contributed by atoms with E-state index in [1.54, 1.807) is 0 Å². The van der Waals surface area contributed by atoms with Gasteiger partial charge in [-0.25, -0.2) is 0 Å². The molecule has 7 heavy (non-hydrogen) atoms. The SMILES string of the molecule is N=[C-]N.N=[C-]N.[Ti+2]. The molecule has 4 nitrogen and oxygen atoms in total. The van der Waals surface area contributed by atoms with E-state index < -0.39 is 0 Å². The van der Waals surface area contributed by atoms with Crippen LogP contribution in [0.1, 0.15) is 0 Å². The van der Waals surface area contributed by atoms with Crippen LogP contribution in [0.25, 0.3) is 0 Å². The minimum absolute atomic E-state index is 0. The zero-order valence-electron chi connectivity index (χ0n) is 3.65. The third-order valence-corrected chi connectivity index (χ3v) is 0. The molecule has 0 rings (SSSR count). The smallest absolute Gasteiger partial charge is 0.563 e. The fourth-order valence-electron chi connectivity index (χ4n) is 0. The first-order chi connectivity index (χ1) is 2.83. The molecule has 0 aliphatic rings. The number of nitrogens with one attached hydrogen (secondary N) is 2. The maximum atomic E-state index is 5.74. The quantitative estimate of drug-likeness (QED) is 0.110. The molecule has 0 saturated carbocycles. The van der Waals surface area contributed by atoms with Crippen molar-refractivity contribution in [2.24, 2.45) is 11.5 Å². The minimum atomic E-state index is 0. The molecular weight excluding hydrogens is 128 g/mol. The van der Waals surface area contributed by atoms with Gasteiger partial charge in [-0.3, -0.25) is 0 Å². The molecule has 0 aromatic carbocycles. The van der Waals surface area contributed by atoms with Crippen molar-refractivity contribution in [2.45, 2.75) is 0 Å². The van der Waals surface area contributed by atoms with E-state index in [0.717, 1.165) is 0 Å². The first-order valence-corrected chi connectivity index (χ1v) is 1.08. The fraction of sp³-hybridized carbons (Fsp3) is 0. The first-order valence-electron chi connectivity index (χ1n) is 1.08.